The van der Waals surface area contributed by atoms with Gasteiger partial charge in [0.25, 0.3) is 0 Å². The molecule has 0 saturated heterocycles. The first-order valence-corrected chi connectivity index (χ1v) is 7.11. The first-order chi connectivity index (χ1) is 8.61. The summed E-state index contributed by atoms with van der Waals surface area (Å²) in [6.07, 6.45) is 5.99. The molecule has 1 aromatic rings. The molecule has 3 atom stereocenters. The Bertz CT molecular complexity index is 456. The molecule has 0 heterocycles. The van der Waals surface area contributed by atoms with E-state index in [4.69, 9.17) is 0 Å². The normalized spacial score (nSPS) is 35.5. The van der Waals surface area contributed by atoms with Gasteiger partial charge in [-0.1, -0.05) is 31.9 Å². The van der Waals surface area contributed by atoms with E-state index in [2.05, 4.69) is 6.92 Å². The van der Waals surface area contributed by atoms with E-state index < -0.39 is 5.60 Å². The lowest BCUT2D eigenvalue weighted by atomic mass is 9.71. The van der Waals surface area contributed by atoms with Crippen molar-refractivity contribution in [1.82, 2.24) is 0 Å². The third-order valence-electron chi connectivity index (χ3n) is 4.95. The molecule has 1 saturated carbocycles. The van der Waals surface area contributed by atoms with Crippen LogP contribution in [0.1, 0.15) is 50.2 Å². The van der Waals surface area contributed by atoms with Crippen LogP contribution in [0.5, 0.6) is 0 Å². The van der Waals surface area contributed by atoms with E-state index in [1.165, 1.54) is 18.9 Å². The van der Waals surface area contributed by atoms with E-state index in [0.717, 1.165) is 24.0 Å². The molecule has 1 N–H and O–H groups in total. The molecule has 2 aliphatic rings. The van der Waals surface area contributed by atoms with Crippen LogP contribution in [0.3, 0.4) is 0 Å². The van der Waals surface area contributed by atoms with Gasteiger partial charge in [0.2, 0.25) is 0 Å². The van der Waals surface area contributed by atoms with Gasteiger partial charge >= 0.3 is 0 Å². The summed E-state index contributed by atoms with van der Waals surface area (Å²) in [6.45, 7) is 2.26. The molecule has 0 aliphatic heterocycles. The SMILES string of the molecule is CC1CCCC(C2(O)CCc3c(F)cccc32)C1. The largest absolute Gasteiger partial charge is 0.385 e. The Balaban J connectivity index is 1.96. The second-order valence-corrected chi connectivity index (χ2v) is 6.16. The molecule has 0 amide bonds. The summed E-state index contributed by atoms with van der Waals surface area (Å²) in [7, 11) is 0. The van der Waals surface area contributed by atoms with Crippen molar-refractivity contribution in [2.75, 3.05) is 0 Å². The lowest BCUT2D eigenvalue weighted by molar-refractivity contribution is -0.0442. The number of rotatable bonds is 1. The Hall–Kier alpha value is -0.890. The Morgan fingerprint density at radius 2 is 2.17 bits per heavy atom. The van der Waals surface area contributed by atoms with E-state index >= 15 is 0 Å². The van der Waals surface area contributed by atoms with Gasteiger partial charge in [0.15, 0.2) is 0 Å². The number of benzene rings is 1. The van der Waals surface area contributed by atoms with Crippen LogP contribution < -0.4 is 0 Å². The maximum Gasteiger partial charge on any atom is 0.126 e. The zero-order valence-electron chi connectivity index (χ0n) is 11.0. The summed E-state index contributed by atoms with van der Waals surface area (Å²) in [6, 6.07) is 5.16. The number of hydrogen-bond donors (Lipinski definition) is 1. The molecule has 18 heavy (non-hydrogen) atoms. The van der Waals surface area contributed by atoms with E-state index in [1.807, 2.05) is 6.07 Å². The lowest BCUT2D eigenvalue weighted by Crippen LogP contribution is -2.35. The van der Waals surface area contributed by atoms with Crippen LogP contribution in [0, 0.1) is 17.7 Å². The van der Waals surface area contributed by atoms with Gasteiger partial charge in [-0.05, 0) is 54.7 Å². The van der Waals surface area contributed by atoms with E-state index in [0.29, 0.717) is 24.7 Å². The van der Waals surface area contributed by atoms with Crippen molar-refractivity contribution < 1.29 is 9.50 Å². The minimum Gasteiger partial charge on any atom is -0.385 e. The van der Waals surface area contributed by atoms with Crippen LogP contribution in [-0.2, 0) is 12.0 Å². The zero-order valence-corrected chi connectivity index (χ0v) is 11.0. The first-order valence-electron chi connectivity index (χ1n) is 7.11. The monoisotopic (exact) mass is 248 g/mol. The number of hydrogen-bond acceptors (Lipinski definition) is 1. The summed E-state index contributed by atoms with van der Waals surface area (Å²) in [5, 5.41) is 11.0. The van der Waals surface area contributed by atoms with Gasteiger partial charge in [-0.2, -0.15) is 0 Å². The minimum atomic E-state index is -0.772. The highest BCUT2D eigenvalue weighted by Gasteiger charge is 2.45. The van der Waals surface area contributed by atoms with Crippen LogP contribution in [0.15, 0.2) is 18.2 Å². The fourth-order valence-corrected chi connectivity index (χ4v) is 3.96. The van der Waals surface area contributed by atoms with Crippen LogP contribution in [0.2, 0.25) is 0 Å². The van der Waals surface area contributed by atoms with Crippen molar-refractivity contribution in [1.29, 1.82) is 0 Å². The van der Waals surface area contributed by atoms with Crippen molar-refractivity contribution in [3.8, 4) is 0 Å². The van der Waals surface area contributed by atoms with Gasteiger partial charge in [-0.15, -0.1) is 0 Å². The van der Waals surface area contributed by atoms with Gasteiger partial charge < -0.3 is 5.11 Å². The Labute approximate surface area is 108 Å². The standard InChI is InChI=1S/C16H21FO/c1-11-4-2-5-12(10-11)16(18)9-8-13-14(16)6-3-7-15(13)17/h3,6-7,11-12,18H,2,4-5,8-10H2,1H3. The van der Waals surface area contributed by atoms with Gasteiger partial charge in [0.05, 0.1) is 5.60 Å². The summed E-state index contributed by atoms with van der Waals surface area (Å²) >= 11 is 0. The molecule has 1 fully saturated rings. The average Bonchev–Trinajstić information content (AvgIpc) is 2.70. The van der Waals surface area contributed by atoms with E-state index in [9.17, 15) is 9.50 Å². The summed E-state index contributed by atoms with van der Waals surface area (Å²) < 4.78 is 13.8. The van der Waals surface area contributed by atoms with E-state index in [1.54, 1.807) is 6.07 Å². The molecule has 2 aliphatic carbocycles. The maximum absolute atomic E-state index is 13.8. The van der Waals surface area contributed by atoms with Crippen molar-refractivity contribution in [2.45, 2.75) is 51.0 Å². The number of fused-ring (bicyclic) bond motifs is 1. The third kappa shape index (κ3) is 1.78. The fraction of sp³-hybridized carbons (Fsp3) is 0.625. The second-order valence-electron chi connectivity index (χ2n) is 6.16. The summed E-state index contributed by atoms with van der Waals surface area (Å²) in [5.41, 5.74) is 0.839. The van der Waals surface area contributed by atoms with Crippen molar-refractivity contribution in [3.05, 3.63) is 35.1 Å². The molecule has 0 bridgehead atoms. The molecule has 98 valence electrons. The molecule has 3 unspecified atom stereocenters. The molecular weight excluding hydrogens is 227 g/mol. The Morgan fingerprint density at radius 3 is 2.94 bits per heavy atom. The second kappa shape index (κ2) is 4.34. The van der Waals surface area contributed by atoms with Crippen LogP contribution in [0.25, 0.3) is 0 Å². The lowest BCUT2D eigenvalue weighted by Gasteiger charge is -2.38. The van der Waals surface area contributed by atoms with Gasteiger partial charge in [0.1, 0.15) is 5.82 Å². The molecular formula is C16H21FO. The summed E-state index contributed by atoms with van der Waals surface area (Å²) in [5.74, 6) is 0.849. The molecule has 1 nitrogen and oxygen atoms in total. The smallest absolute Gasteiger partial charge is 0.126 e. The first kappa shape index (κ1) is 12.2. The summed E-state index contributed by atoms with van der Waals surface area (Å²) in [4.78, 5) is 0. The molecule has 0 spiro atoms. The van der Waals surface area contributed by atoms with E-state index in [-0.39, 0.29) is 5.82 Å². The van der Waals surface area contributed by atoms with Crippen LogP contribution in [-0.4, -0.2) is 5.11 Å². The molecule has 0 aromatic heterocycles. The van der Waals surface area contributed by atoms with Gasteiger partial charge in [0, 0.05) is 0 Å². The number of aliphatic hydroxyl groups is 1. The average molecular weight is 248 g/mol. The van der Waals surface area contributed by atoms with Crippen molar-refractivity contribution in [3.63, 3.8) is 0 Å². The zero-order chi connectivity index (χ0) is 12.8. The molecule has 1 aromatic carbocycles. The maximum atomic E-state index is 13.8. The number of halogens is 1. The predicted molar refractivity (Wildman–Crippen MR) is 69.7 cm³/mol. The quantitative estimate of drug-likeness (QED) is 0.801. The Morgan fingerprint density at radius 1 is 1.33 bits per heavy atom. The molecule has 3 rings (SSSR count). The predicted octanol–water partition coefficient (Wildman–Crippen LogP) is 3.79. The van der Waals surface area contributed by atoms with Gasteiger partial charge in [-0.3, -0.25) is 0 Å². The van der Waals surface area contributed by atoms with Crippen LogP contribution in [0.4, 0.5) is 4.39 Å². The van der Waals surface area contributed by atoms with Crippen LogP contribution >= 0.6 is 0 Å². The molecule has 2 heteroatoms. The highest BCUT2D eigenvalue weighted by molar-refractivity contribution is 5.38. The highest BCUT2D eigenvalue weighted by Crippen LogP contribution is 2.48. The van der Waals surface area contributed by atoms with Crippen molar-refractivity contribution >= 4 is 0 Å². The third-order valence-corrected chi connectivity index (χ3v) is 4.95. The topological polar surface area (TPSA) is 20.2 Å². The Kier molecular flexibility index (Phi) is 2.93. The highest BCUT2D eigenvalue weighted by atomic mass is 19.1. The minimum absolute atomic E-state index is 0.146. The fourth-order valence-electron chi connectivity index (χ4n) is 3.96. The molecule has 0 radical (unpaired) electrons. The van der Waals surface area contributed by atoms with Gasteiger partial charge in [-0.25, -0.2) is 4.39 Å². The van der Waals surface area contributed by atoms with Crippen molar-refractivity contribution in [2.24, 2.45) is 11.8 Å².